The topological polar surface area (TPSA) is 93.7 Å². The van der Waals surface area contributed by atoms with Crippen molar-refractivity contribution >= 4 is 41.1 Å². The standard InChI is InChI=1S/C14H16Cl2N2O5/c1-3-17-14(21)18-13(20)8(2)23-12(19)7-22-11-5-4-9(15)6-10(11)16/h4-6,8H,3,7H2,1-2H3,(H2,17,18,20,21). The minimum atomic E-state index is -1.14. The summed E-state index contributed by atoms with van der Waals surface area (Å²) in [4.78, 5) is 34.4. The molecule has 9 heteroatoms. The summed E-state index contributed by atoms with van der Waals surface area (Å²) < 4.78 is 10.0. The van der Waals surface area contributed by atoms with Crippen LogP contribution in [-0.2, 0) is 14.3 Å². The van der Waals surface area contributed by atoms with E-state index in [-0.39, 0.29) is 10.8 Å². The van der Waals surface area contributed by atoms with Gasteiger partial charge >= 0.3 is 12.0 Å². The van der Waals surface area contributed by atoms with E-state index in [0.29, 0.717) is 11.6 Å². The van der Waals surface area contributed by atoms with Crippen LogP contribution in [0, 0.1) is 0 Å². The van der Waals surface area contributed by atoms with Crippen LogP contribution in [0.2, 0.25) is 10.0 Å². The fraction of sp³-hybridized carbons (Fsp3) is 0.357. The van der Waals surface area contributed by atoms with Crippen LogP contribution in [0.25, 0.3) is 0 Å². The summed E-state index contributed by atoms with van der Waals surface area (Å²) in [6, 6.07) is 3.86. The predicted octanol–water partition coefficient (Wildman–Crippen LogP) is 2.15. The van der Waals surface area contributed by atoms with Crippen LogP contribution in [0.1, 0.15) is 13.8 Å². The lowest BCUT2D eigenvalue weighted by molar-refractivity contribution is -0.156. The fourth-order valence-electron chi connectivity index (χ4n) is 1.43. The molecular weight excluding hydrogens is 347 g/mol. The lowest BCUT2D eigenvalue weighted by atomic mass is 10.3. The maximum Gasteiger partial charge on any atom is 0.344 e. The van der Waals surface area contributed by atoms with Gasteiger partial charge in [-0.15, -0.1) is 0 Å². The number of hydrogen-bond donors (Lipinski definition) is 2. The molecule has 23 heavy (non-hydrogen) atoms. The molecule has 0 saturated carbocycles. The number of benzene rings is 1. The van der Waals surface area contributed by atoms with E-state index in [1.54, 1.807) is 13.0 Å². The first-order chi connectivity index (χ1) is 10.8. The van der Waals surface area contributed by atoms with Gasteiger partial charge in [-0.3, -0.25) is 10.1 Å². The van der Waals surface area contributed by atoms with Gasteiger partial charge in [-0.25, -0.2) is 9.59 Å². The van der Waals surface area contributed by atoms with Gasteiger partial charge in [-0.1, -0.05) is 23.2 Å². The van der Waals surface area contributed by atoms with E-state index in [9.17, 15) is 14.4 Å². The van der Waals surface area contributed by atoms with Crippen LogP contribution in [0.15, 0.2) is 18.2 Å². The van der Waals surface area contributed by atoms with Crippen molar-refractivity contribution in [3.63, 3.8) is 0 Å². The molecule has 7 nitrogen and oxygen atoms in total. The molecule has 1 rings (SSSR count). The molecule has 3 amide bonds. The Bertz CT molecular complexity index is 595. The molecule has 1 unspecified atom stereocenters. The van der Waals surface area contributed by atoms with Crippen molar-refractivity contribution in [2.45, 2.75) is 20.0 Å². The third-order valence-electron chi connectivity index (χ3n) is 2.49. The second kappa shape index (κ2) is 9.22. The van der Waals surface area contributed by atoms with Crippen molar-refractivity contribution in [3.8, 4) is 5.75 Å². The summed E-state index contributed by atoms with van der Waals surface area (Å²) in [6.45, 7) is 2.96. The Labute approximate surface area is 143 Å². The Morgan fingerprint density at radius 3 is 2.57 bits per heavy atom. The van der Waals surface area contributed by atoms with Crippen molar-refractivity contribution in [1.29, 1.82) is 0 Å². The minimum Gasteiger partial charge on any atom is -0.480 e. The lowest BCUT2D eigenvalue weighted by Gasteiger charge is -2.13. The summed E-state index contributed by atoms with van der Waals surface area (Å²) in [5, 5.41) is 5.09. The third kappa shape index (κ3) is 6.75. The molecule has 0 aliphatic heterocycles. The Balaban J connectivity index is 2.43. The summed E-state index contributed by atoms with van der Waals surface area (Å²) in [5.41, 5.74) is 0. The number of ether oxygens (including phenoxy) is 2. The zero-order chi connectivity index (χ0) is 17.4. The van der Waals surface area contributed by atoms with Crippen molar-refractivity contribution in [2.75, 3.05) is 13.2 Å². The first-order valence-corrected chi connectivity index (χ1v) is 7.45. The molecule has 0 radical (unpaired) electrons. The number of urea groups is 1. The molecule has 1 aromatic rings. The van der Waals surface area contributed by atoms with Crippen LogP contribution in [0.5, 0.6) is 5.75 Å². The van der Waals surface area contributed by atoms with Crippen molar-refractivity contribution in [3.05, 3.63) is 28.2 Å². The van der Waals surface area contributed by atoms with Crippen LogP contribution < -0.4 is 15.4 Å². The average Bonchev–Trinajstić information content (AvgIpc) is 2.46. The summed E-state index contributed by atoms with van der Waals surface area (Å²) in [7, 11) is 0. The Morgan fingerprint density at radius 1 is 1.26 bits per heavy atom. The highest BCUT2D eigenvalue weighted by Crippen LogP contribution is 2.27. The molecule has 0 aromatic heterocycles. The maximum absolute atomic E-state index is 11.6. The molecule has 0 aliphatic rings. The van der Waals surface area contributed by atoms with Gasteiger partial charge in [0.2, 0.25) is 0 Å². The first kappa shape index (κ1) is 19.1. The van der Waals surface area contributed by atoms with E-state index in [1.807, 2.05) is 5.32 Å². The number of imide groups is 1. The number of rotatable bonds is 6. The Hall–Kier alpha value is -1.99. The van der Waals surface area contributed by atoms with Crippen LogP contribution in [0.4, 0.5) is 4.79 Å². The Morgan fingerprint density at radius 2 is 1.96 bits per heavy atom. The molecule has 0 bridgehead atoms. The molecule has 126 valence electrons. The van der Waals surface area contributed by atoms with Gasteiger partial charge in [-0.2, -0.15) is 0 Å². The molecule has 0 saturated heterocycles. The van der Waals surface area contributed by atoms with Gasteiger partial charge < -0.3 is 14.8 Å². The summed E-state index contributed by atoms with van der Waals surface area (Å²) >= 11 is 11.6. The fourth-order valence-corrected chi connectivity index (χ4v) is 1.89. The number of hydrogen-bond acceptors (Lipinski definition) is 5. The van der Waals surface area contributed by atoms with Crippen LogP contribution in [-0.4, -0.2) is 37.2 Å². The highest BCUT2D eigenvalue weighted by atomic mass is 35.5. The number of nitrogens with one attached hydrogen (secondary N) is 2. The van der Waals surface area contributed by atoms with Crippen LogP contribution in [0.3, 0.4) is 0 Å². The Kier molecular flexibility index (Phi) is 7.64. The first-order valence-electron chi connectivity index (χ1n) is 6.69. The van der Waals surface area contributed by atoms with Gasteiger partial charge in [0.1, 0.15) is 5.75 Å². The van der Waals surface area contributed by atoms with Gasteiger partial charge in [0, 0.05) is 11.6 Å². The van der Waals surface area contributed by atoms with E-state index in [1.165, 1.54) is 19.1 Å². The number of carbonyl (C=O) groups excluding carboxylic acids is 3. The third-order valence-corrected chi connectivity index (χ3v) is 3.02. The summed E-state index contributed by atoms with van der Waals surface area (Å²) in [6.07, 6.45) is -1.14. The molecule has 0 aliphatic carbocycles. The van der Waals surface area contributed by atoms with E-state index in [2.05, 4.69) is 5.32 Å². The number of amides is 3. The zero-order valence-electron chi connectivity index (χ0n) is 12.5. The van der Waals surface area contributed by atoms with E-state index < -0.39 is 30.6 Å². The monoisotopic (exact) mass is 362 g/mol. The van der Waals surface area contributed by atoms with E-state index in [4.69, 9.17) is 32.7 Å². The van der Waals surface area contributed by atoms with Gasteiger partial charge in [0.15, 0.2) is 12.7 Å². The molecule has 0 heterocycles. The van der Waals surface area contributed by atoms with Crippen LogP contribution >= 0.6 is 23.2 Å². The quantitative estimate of drug-likeness (QED) is 0.756. The molecular formula is C14H16Cl2N2O5. The molecule has 1 atom stereocenters. The van der Waals surface area contributed by atoms with E-state index in [0.717, 1.165) is 0 Å². The van der Waals surface area contributed by atoms with Gasteiger partial charge in [0.25, 0.3) is 5.91 Å². The van der Waals surface area contributed by atoms with E-state index >= 15 is 0 Å². The normalized spacial score (nSPS) is 11.3. The highest BCUT2D eigenvalue weighted by molar-refractivity contribution is 6.35. The predicted molar refractivity (Wildman–Crippen MR) is 84.7 cm³/mol. The SMILES string of the molecule is CCNC(=O)NC(=O)C(C)OC(=O)COc1ccc(Cl)cc1Cl. The average molecular weight is 363 g/mol. The van der Waals surface area contributed by atoms with Gasteiger partial charge in [0.05, 0.1) is 5.02 Å². The minimum absolute atomic E-state index is 0.243. The number of carbonyl (C=O) groups is 3. The maximum atomic E-state index is 11.6. The lowest BCUT2D eigenvalue weighted by Crippen LogP contribution is -2.44. The smallest absolute Gasteiger partial charge is 0.344 e. The second-order valence-electron chi connectivity index (χ2n) is 4.34. The van der Waals surface area contributed by atoms with Crippen molar-refractivity contribution in [2.24, 2.45) is 0 Å². The number of halogens is 2. The van der Waals surface area contributed by atoms with Crippen molar-refractivity contribution < 1.29 is 23.9 Å². The zero-order valence-corrected chi connectivity index (χ0v) is 14.0. The number of esters is 1. The molecule has 0 spiro atoms. The molecule has 2 N–H and O–H groups in total. The largest absolute Gasteiger partial charge is 0.480 e. The summed E-state index contributed by atoms with van der Waals surface area (Å²) in [5.74, 6) is -1.27. The highest BCUT2D eigenvalue weighted by Gasteiger charge is 2.20. The molecule has 1 aromatic carbocycles. The van der Waals surface area contributed by atoms with Crippen molar-refractivity contribution in [1.82, 2.24) is 10.6 Å². The second-order valence-corrected chi connectivity index (χ2v) is 5.19. The van der Waals surface area contributed by atoms with Gasteiger partial charge in [-0.05, 0) is 32.0 Å². The molecule has 0 fully saturated rings.